The van der Waals surface area contributed by atoms with Gasteiger partial charge in [-0.05, 0) is 54.8 Å². The first kappa shape index (κ1) is 20.5. The summed E-state index contributed by atoms with van der Waals surface area (Å²) in [6.07, 6.45) is 6.72. The van der Waals surface area contributed by atoms with E-state index in [4.69, 9.17) is 4.74 Å². The lowest BCUT2D eigenvalue weighted by Gasteiger charge is -2.34. The van der Waals surface area contributed by atoms with Crippen LogP contribution >= 0.6 is 0 Å². The fourth-order valence-corrected chi connectivity index (χ4v) is 4.26. The molecule has 1 N–H and O–H groups in total. The van der Waals surface area contributed by atoms with E-state index >= 15 is 0 Å². The van der Waals surface area contributed by atoms with Gasteiger partial charge < -0.3 is 10.1 Å². The molecule has 1 saturated carbocycles. The first-order valence-electron chi connectivity index (χ1n) is 11.2. The van der Waals surface area contributed by atoms with Crippen LogP contribution in [0.25, 0.3) is 0 Å². The number of para-hydroxylation sites is 1. The first-order valence-corrected chi connectivity index (χ1v) is 11.2. The molecule has 3 heteroatoms. The molecule has 3 aromatic rings. The molecule has 0 atom stereocenters. The zero-order valence-electron chi connectivity index (χ0n) is 17.7. The van der Waals surface area contributed by atoms with Gasteiger partial charge in [0.05, 0.1) is 0 Å². The van der Waals surface area contributed by atoms with Crippen LogP contribution in [0.15, 0.2) is 84.9 Å². The molecule has 0 aromatic heterocycles. The maximum absolute atomic E-state index is 6.10. The molecule has 156 valence electrons. The predicted octanol–water partition coefficient (Wildman–Crippen LogP) is 6.64. The average molecular weight is 401 g/mol. The molecule has 0 spiro atoms. The summed E-state index contributed by atoms with van der Waals surface area (Å²) >= 11 is 0. The van der Waals surface area contributed by atoms with Gasteiger partial charge >= 0.3 is 0 Å². The average Bonchev–Trinajstić information content (AvgIpc) is 2.81. The molecule has 0 amide bonds. The SMILES string of the molecule is c1ccc(CN(CCOc2ccc(Nc3ccccc3)cc2)C2CCCCC2)cc1. The van der Waals surface area contributed by atoms with Gasteiger partial charge in [-0.1, -0.05) is 67.8 Å². The summed E-state index contributed by atoms with van der Waals surface area (Å²) in [5.41, 5.74) is 3.55. The maximum Gasteiger partial charge on any atom is 0.119 e. The largest absolute Gasteiger partial charge is 0.492 e. The molecule has 3 nitrogen and oxygen atoms in total. The number of nitrogens with zero attached hydrogens (tertiary/aromatic N) is 1. The number of hydrogen-bond donors (Lipinski definition) is 1. The molecule has 0 aliphatic heterocycles. The Morgan fingerprint density at radius 3 is 2.07 bits per heavy atom. The number of anilines is 2. The van der Waals surface area contributed by atoms with Gasteiger partial charge in [-0.2, -0.15) is 0 Å². The Kier molecular flexibility index (Phi) is 7.41. The molecule has 4 rings (SSSR count). The van der Waals surface area contributed by atoms with Crippen molar-refractivity contribution in [3.63, 3.8) is 0 Å². The minimum absolute atomic E-state index is 0.681. The van der Waals surface area contributed by atoms with Gasteiger partial charge in [-0.25, -0.2) is 0 Å². The summed E-state index contributed by atoms with van der Waals surface area (Å²) in [6.45, 7) is 2.69. The highest BCUT2D eigenvalue weighted by molar-refractivity contribution is 5.59. The molecule has 0 heterocycles. The van der Waals surface area contributed by atoms with Gasteiger partial charge in [-0.3, -0.25) is 4.90 Å². The molecule has 0 unspecified atom stereocenters. The van der Waals surface area contributed by atoms with Crippen LogP contribution in [0.4, 0.5) is 11.4 Å². The van der Waals surface area contributed by atoms with E-state index < -0.39 is 0 Å². The van der Waals surface area contributed by atoms with E-state index in [-0.39, 0.29) is 0 Å². The first-order chi connectivity index (χ1) is 14.9. The van der Waals surface area contributed by atoms with Gasteiger partial charge in [-0.15, -0.1) is 0 Å². The Morgan fingerprint density at radius 2 is 1.37 bits per heavy atom. The summed E-state index contributed by atoms with van der Waals surface area (Å²) in [5, 5.41) is 3.41. The van der Waals surface area contributed by atoms with E-state index in [2.05, 4.69) is 64.8 Å². The molecule has 3 aromatic carbocycles. The number of benzene rings is 3. The Bertz CT molecular complexity index is 858. The lowest BCUT2D eigenvalue weighted by Crippen LogP contribution is -2.39. The minimum atomic E-state index is 0.681. The van der Waals surface area contributed by atoms with Crippen LogP contribution in [0.5, 0.6) is 5.75 Å². The predicted molar refractivity (Wildman–Crippen MR) is 125 cm³/mol. The second-order valence-electron chi connectivity index (χ2n) is 8.11. The highest BCUT2D eigenvalue weighted by atomic mass is 16.5. The van der Waals surface area contributed by atoms with Crippen molar-refractivity contribution in [2.75, 3.05) is 18.5 Å². The zero-order valence-corrected chi connectivity index (χ0v) is 17.7. The third-order valence-electron chi connectivity index (χ3n) is 5.88. The smallest absolute Gasteiger partial charge is 0.119 e. The lowest BCUT2D eigenvalue weighted by atomic mass is 9.94. The molecule has 30 heavy (non-hydrogen) atoms. The quantitative estimate of drug-likeness (QED) is 0.435. The normalized spacial score (nSPS) is 14.6. The second kappa shape index (κ2) is 10.8. The van der Waals surface area contributed by atoms with Crippen molar-refractivity contribution in [1.82, 2.24) is 4.90 Å². The highest BCUT2D eigenvalue weighted by Crippen LogP contribution is 2.24. The fourth-order valence-electron chi connectivity index (χ4n) is 4.26. The van der Waals surface area contributed by atoms with Crippen molar-refractivity contribution in [3.8, 4) is 5.75 Å². The maximum atomic E-state index is 6.10. The topological polar surface area (TPSA) is 24.5 Å². The van der Waals surface area contributed by atoms with Crippen LogP contribution < -0.4 is 10.1 Å². The minimum Gasteiger partial charge on any atom is -0.492 e. The molecular weight excluding hydrogens is 368 g/mol. The van der Waals surface area contributed by atoms with Gasteiger partial charge in [0.25, 0.3) is 0 Å². The second-order valence-corrected chi connectivity index (χ2v) is 8.11. The van der Waals surface area contributed by atoms with Crippen LogP contribution in [-0.4, -0.2) is 24.1 Å². The Labute approximate surface area is 180 Å². The molecule has 1 aliphatic rings. The van der Waals surface area contributed by atoms with Crippen molar-refractivity contribution in [2.24, 2.45) is 0 Å². The van der Waals surface area contributed by atoms with E-state index in [0.29, 0.717) is 6.04 Å². The van der Waals surface area contributed by atoms with Crippen LogP contribution in [0, 0.1) is 0 Å². The van der Waals surface area contributed by atoms with Crippen LogP contribution in [0.2, 0.25) is 0 Å². The summed E-state index contributed by atoms with van der Waals surface area (Å²) in [4.78, 5) is 2.62. The van der Waals surface area contributed by atoms with Gasteiger partial charge in [0, 0.05) is 30.5 Å². The van der Waals surface area contributed by atoms with Crippen molar-refractivity contribution in [2.45, 2.75) is 44.7 Å². The highest BCUT2D eigenvalue weighted by Gasteiger charge is 2.21. The summed E-state index contributed by atoms with van der Waals surface area (Å²) in [7, 11) is 0. The summed E-state index contributed by atoms with van der Waals surface area (Å²) in [6, 6.07) is 30.0. The van der Waals surface area contributed by atoms with Crippen molar-refractivity contribution in [1.29, 1.82) is 0 Å². The molecule has 1 fully saturated rings. The molecule has 0 bridgehead atoms. The lowest BCUT2D eigenvalue weighted by molar-refractivity contribution is 0.123. The van der Waals surface area contributed by atoms with Crippen LogP contribution in [0.3, 0.4) is 0 Å². The van der Waals surface area contributed by atoms with E-state index in [1.165, 1.54) is 37.7 Å². The number of hydrogen-bond acceptors (Lipinski definition) is 3. The third kappa shape index (κ3) is 6.11. The van der Waals surface area contributed by atoms with E-state index in [0.717, 1.165) is 36.8 Å². The Hall–Kier alpha value is -2.78. The van der Waals surface area contributed by atoms with E-state index in [1.807, 2.05) is 30.3 Å². The number of rotatable bonds is 9. The van der Waals surface area contributed by atoms with Crippen molar-refractivity contribution >= 4 is 11.4 Å². The van der Waals surface area contributed by atoms with Crippen molar-refractivity contribution < 1.29 is 4.74 Å². The zero-order chi connectivity index (χ0) is 20.4. The molecular formula is C27H32N2O. The van der Waals surface area contributed by atoms with E-state index in [1.54, 1.807) is 0 Å². The number of ether oxygens (including phenoxy) is 1. The van der Waals surface area contributed by atoms with Crippen molar-refractivity contribution in [3.05, 3.63) is 90.5 Å². The van der Waals surface area contributed by atoms with Crippen LogP contribution in [0.1, 0.15) is 37.7 Å². The molecule has 0 radical (unpaired) electrons. The molecule has 0 saturated heterocycles. The van der Waals surface area contributed by atoms with E-state index in [9.17, 15) is 0 Å². The van der Waals surface area contributed by atoms with Gasteiger partial charge in [0.15, 0.2) is 0 Å². The summed E-state index contributed by atoms with van der Waals surface area (Å²) in [5.74, 6) is 0.928. The summed E-state index contributed by atoms with van der Waals surface area (Å²) < 4.78 is 6.10. The Morgan fingerprint density at radius 1 is 0.733 bits per heavy atom. The fraction of sp³-hybridized carbons (Fsp3) is 0.333. The third-order valence-corrected chi connectivity index (χ3v) is 5.88. The van der Waals surface area contributed by atoms with Gasteiger partial charge in [0.2, 0.25) is 0 Å². The Balaban J connectivity index is 1.30. The number of nitrogens with one attached hydrogen (secondary N) is 1. The molecule has 1 aliphatic carbocycles. The van der Waals surface area contributed by atoms with Crippen LogP contribution in [-0.2, 0) is 6.54 Å². The standard InChI is InChI=1S/C27H32N2O/c1-4-10-23(11-5-1)22-29(26-14-8-3-9-15-26)20-21-30-27-18-16-25(17-19-27)28-24-12-6-2-7-13-24/h1-2,4-7,10-13,16-19,26,28H,3,8-9,14-15,20-22H2. The van der Waals surface area contributed by atoms with Gasteiger partial charge in [0.1, 0.15) is 12.4 Å². The monoisotopic (exact) mass is 400 g/mol.